The molecular formula is C19H19N3O2. The summed E-state index contributed by atoms with van der Waals surface area (Å²) in [6.07, 6.45) is 0.560. The monoisotopic (exact) mass is 321 g/mol. The molecule has 0 spiro atoms. The molecule has 0 aliphatic rings. The van der Waals surface area contributed by atoms with Gasteiger partial charge in [0.1, 0.15) is 5.75 Å². The molecule has 0 aliphatic carbocycles. The topological polar surface area (TPSA) is 70.1 Å². The number of nitrogens with two attached hydrogens (primary N) is 1. The molecule has 0 bridgehead atoms. The Morgan fingerprint density at radius 2 is 1.83 bits per heavy atom. The third-order valence-corrected chi connectivity index (χ3v) is 3.96. The van der Waals surface area contributed by atoms with Gasteiger partial charge in [0.05, 0.1) is 12.8 Å². The molecule has 1 heterocycles. The van der Waals surface area contributed by atoms with Crippen molar-refractivity contribution in [2.75, 3.05) is 12.8 Å². The standard InChI is InChI=1S/C19H19N3O2/c1-22-18(23)12-16(21-19(22)20)11-13-4-3-5-15(10-13)14-6-8-17(24-2)9-7-14/h3-10,12H,11H2,1-2H3,(H2,20,21). The molecule has 0 saturated heterocycles. The molecule has 0 fully saturated rings. The van der Waals surface area contributed by atoms with Crippen molar-refractivity contribution in [3.63, 3.8) is 0 Å². The number of aromatic nitrogens is 2. The van der Waals surface area contributed by atoms with Crippen LogP contribution < -0.4 is 16.0 Å². The summed E-state index contributed by atoms with van der Waals surface area (Å²) in [5.74, 6) is 1.05. The van der Waals surface area contributed by atoms with Crippen molar-refractivity contribution < 1.29 is 4.74 Å². The second-order valence-corrected chi connectivity index (χ2v) is 5.61. The Morgan fingerprint density at radius 3 is 2.50 bits per heavy atom. The Balaban J connectivity index is 1.89. The molecule has 0 saturated carbocycles. The normalized spacial score (nSPS) is 10.6. The number of ether oxygens (including phenoxy) is 1. The summed E-state index contributed by atoms with van der Waals surface area (Å²) in [4.78, 5) is 16.1. The van der Waals surface area contributed by atoms with Crippen molar-refractivity contribution in [1.29, 1.82) is 0 Å². The van der Waals surface area contributed by atoms with Crippen LogP contribution in [0.15, 0.2) is 59.4 Å². The molecule has 2 aromatic carbocycles. The predicted molar refractivity (Wildman–Crippen MR) is 95.1 cm³/mol. The van der Waals surface area contributed by atoms with E-state index < -0.39 is 0 Å². The lowest BCUT2D eigenvalue weighted by molar-refractivity contribution is 0.415. The number of anilines is 1. The van der Waals surface area contributed by atoms with Gasteiger partial charge in [-0.1, -0.05) is 36.4 Å². The molecule has 3 aromatic rings. The number of hydrogen-bond donors (Lipinski definition) is 1. The van der Waals surface area contributed by atoms with Crippen LogP contribution >= 0.6 is 0 Å². The average molecular weight is 321 g/mol. The first-order valence-corrected chi connectivity index (χ1v) is 7.62. The number of benzene rings is 2. The quantitative estimate of drug-likeness (QED) is 0.802. The van der Waals surface area contributed by atoms with Gasteiger partial charge in [-0.3, -0.25) is 9.36 Å². The number of nitrogens with zero attached hydrogens (tertiary/aromatic N) is 2. The van der Waals surface area contributed by atoms with Crippen LogP contribution in [0.2, 0.25) is 0 Å². The van der Waals surface area contributed by atoms with E-state index in [1.807, 2.05) is 36.4 Å². The first-order chi connectivity index (χ1) is 11.6. The number of methoxy groups -OCH3 is 1. The van der Waals surface area contributed by atoms with Gasteiger partial charge in [0.15, 0.2) is 0 Å². The van der Waals surface area contributed by atoms with Gasteiger partial charge in [0, 0.05) is 19.5 Å². The van der Waals surface area contributed by atoms with Crippen LogP contribution in [-0.4, -0.2) is 16.7 Å². The first kappa shape index (κ1) is 15.8. The van der Waals surface area contributed by atoms with Crippen LogP contribution in [-0.2, 0) is 13.5 Å². The Labute approximate surface area is 140 Å². The zero-order chi connectivity index (χ0) is 17.1. The van der Waals surface area contributed by atoms with Crippen molar-refractivity contribution in [3.8, 4) is 16.9 Å². The van der Waals surface area contributed by atoms with E-state index in [1.165, 1.54) is 10.6 Å². The maximum atomic E-state index is 11.8. The van der Waals surface area contributed by atoms with Crippen LogP contribution in [0.3, 0.4) is 0 Å². The molecule has 0 aliphatic heterocycles. The second-order valence-electron chi connectivity index (χ2n) is 5.61. The lowest BCUT2D eigenvalue weighted by atomic mass is 10.0. The summed E-state index contributed by atoms with van der Waals surface area (Å²) in [6, 6.07) is 17.6. The van der Waals surface area contributed by atoms with Crippen molar-refractivity contribution in [3.05, 3.63) is 76.2 Å². The van der Waals surface area contributed by atoms with Gasteiger partial charge in [-0.25, -0.2) is 4.98 Å². The van der Waals surface area contributed by atoms with Crippen LogP contribution in [0.25, 0.3) is 11.1 Å². The molecule has 5 nitrogen and oxygen atoms in total. The Hall–Kier alpha value is -3.08. The lowest BCUT2D eigenvalue weighted by Gasteiger charge is -2.08. The van der Waals surface area contributed by atoms with E-state index >= 15 is 0 Å². The second kappa shape index (κ2) is 6.58. The van der Waals surface area contributed by atoms with Crippen molar-refractivity contribution in [1.82, 2.24) is 9.55 Å². The van der Waals surface area contributed by atoms with Gasteiger partial charge >= 0.3 is 0 Å². The number of nitrogen functional groups attached to an aromatic ring is 1. The molecule has 2 N–H and O–H groups in total. The van der Waals surface area contributed by atoms with E-state index in [4.69, 9.17) is 10.5 Å². The molecular weight excluding hydrogens is 302 g/mol. The van der Waals surface area contributed by atoms with Crippen LogP contribution in [0.5, 0.6) is 5.75 Å². The molecule has 0 unspecified atom stereocenters. The summed E-state index contributed by atoms with van der Waals surface area (Å²) in [6.45, 7) is 0. The molecule has 0 amide bonds. The van der Waals surface area contributed by atoms with E-state index in [1.54, 1.807) is 14.2 Å². The van der Waals surface area contributed by atoms with Crippen molar-refractivity contribution in [2.45, 2.75) is 6.42 Å². The smallest absolute Gasteiger partial charge is 0.254 e. The fourth-order valence-corrected chi connectivity index (χ4v) is 2.55. The SMILES string of the molecule is COc1ccc(-c2cccc(Cc3cc(=O)n(C)c(N)n3)c2)cc1. The third kappa shape index (κ3) is 3.30. The summed E-state index contributed by atoms with van der Waals surface area (Å²) < 4.78 is 6.52. The van der Waals surface area contributed by atoms with Crippen LogP contribution in [0, 0.1) is 0 Å². The van der Waals surface area contributed by atoms with Gasteiger partial charge in [0.2, 0.25) is 5.95 Å². The van der Waals surface area contributed by atoms with Crippen molar-refractivity contribution in [2.24, 2.45) is 7.05 Å². The zero-order valence-corrected chi connectivity index (χ0v) is 13.7. The molecule has 122 valence electrons. The minimum Gasteiger partial charge on any atom is -0.497 e. The summed E-state index contributed by atoms with van der Waals surface area (Å²) in [5, 5.41) is 0. The number of rotatable bonds is 4. The average Bonchev–Trinajstić information content (AvgIpc) is 2.60. The molecule has 3 rings (SSSR count). The highest BCUT2D eigenvalue weighted by Crippen LogP contribution is 2.23. The maximum Gasteiger partial charge on any atom is 0.254 e. The van der Waals surface area contributed by atoms with E-state index in [9.17, 15) is 4.79 Å². The van der Waals surface area contributed by atoms with Gasteiger partial charge in [-0.05, 0) is 28.8 Å². The zero-order valence-electron chi connectivity index (χ0n) is 13.7. The van der Waals surface area contributed by atoms with Gasteiger partial charge < -0.3 is 10.5 Å². The summed E-state index contributed by atoms with van der Waals surface area (Å²) in [5.41, 5.74) is 9.57. The van der Waals surface area contributed by atoms with Gasteiger partial charge in [-0.2, -0.15) is 0 Å². The Kier molecular flexibility index (Phi) is 4.33. The van der Waals surface area contributed by atoms with E-state index in [0.29, 0.717) is 12.1 Å². The van der Waals surface area contributed by atoms with Crippen LogP contribution in [0.4, 0.5) is 5.95 Å². The maximum absolute atomic E-state index is 11.8. The van der Waals surface area contributed by atoms with E-state index in [0.717, 1.165) is 22.4 Å². The van der Waals surface area contributed by atoms with Gasteiger partial charge in [-0.15, -0.1) is 0 Å². The first-order valence-electron chi connectivity index (χ1n) is 7.62. The fourth-order valence-electron chi connectivity index (χ4n) is 2.55. The Morgan fingerprint density at radius 1 is 1.08 bits per heavy atom. The van der Waals surface area contributed by atoms with Gasteiger partial charge in [0.25, 0.3) is 5.56 Å². The highest BCUT2D eigenvalue weighted by atomic mass is 16.5. The highest BCUT2D eigenvalue weighted by Gasteiger charge is 2.05. The van der Waals surface area contributed by atoms with Crippen LogP contribution in [0.1, 0.15) is 11.3 Å². The molecule has 5 heteroatoms. The number of hydrogen-bond acceptors (Lipinski definition) is 4. The lowest BCUT2D eigenvalue weighted by Crippen LogP contribution is -2.21. The minimum absolute atomic E-state index is 0.149. The summed E-state index contributed by atoms with van der Waals surface area (Å²) >= 11 is 0. The molecule has 0 radical (unpaired) electrons. The Bertz CT molecular complexity index is 915. The third-order valence-electron chi connectivity index (χ3n) is 3.96. The molecule has 1 aromatic heterocycles. The predicted octanol–water partition coefficient (Wildman–Crippen LogP) is 2.63. The van der Waals surface area contributed by atoms with E-state index in [2.05, 4.69) is 17.1 Å². The minimum atomic E-state index is -0.149. The van der Waals surface area contributed by atoms with E-state index in [-0.39, 0.29) is 11.5 Å². The molecule has 0 atom stereocenters. The van der Waals surface area contributed by atoms with Crippen molar-refractivity contribution >= 4 is 5.95 Å². The highest BCUT2D eigenvalue weighted by molar-refractivity contribution is 5.65. The fraction of sp³-hybridized carbons (Fsp3) is 0.158. The largest absolute Gasteiger partial charge is 0.497 e. The molecule has 24 heavy (non-hydrogen) atoms. The summed E-state index contributed by atoms with van der Waals surface area (Å²) in [7, 11) is 3.26.